The largest absolute Gasteiger partial charge is 0.320 e. The van der Waals surface area contributed by atoms with E-state index in [1.807, 2.05) is 24.3 Å². The first-order chi connectivity index (χ1) is 13.8. The molecule has 0 spiro atoms. The Hall–Kier alpha value is -2.75. The lowest BCUT2D eigenvalue weighted by atomic mass is 10.2. The number of carbonyl (C=O) groups excluding carboxylic acids is 1. The molecular weight excluding hydrogens is 485 g/mol. The minimum atomic E-state index is -0.812. The molecule has 0 aliphatic rings. The van der Waals surface area contributed by atoms with Gasteiger partial charge in [0.15, 0.2) is 0 Å². The monoisotopic (exact) mass is 495 g/mol. The molecule has 2 aromatic carbocycles. The molecule has 0 radical (unpaired) electrons. The molecule has 0 saturated heterocycles. The highest BCUT2D eigenvalue weighted by molar-refractivity contribution is 9.10. The van der Waals surface area contributed by atoms with Crippen molar-refractivity contribution in [2.75, 3.05) is 0 Å². The van der Waals surface area contributed by atoms with Gasteiger partial charge in [-0.3, -0.25) is 19.6 Å². The smallest absolute Gasteiger partial charge is 0.265 e. The van der Waals surface area contributed by atoms with Gasteiger partial charge in [-0.15, -0.1) is 0 Å². The van der Waals surface area contributed by atoms with Crippen molar-refractivity contribution in [3.63, 3.8) is 0 Å². The van der Waals surface area contributed by atoms with E-state index in [1.165, 1.54) is 23.2 Å². The van der Waals surface area contributed by atoms with Crippen LogP contribution in [0.25, 0.3) is 0 Å². The van der Waals surface area contributed by atoms with E-state index in [0.717, 1.165) is 10.0 Å². The third-order valence-electron chi connectivity index (χ3n) is 3.74. The number of hydrogen-bond acceptors (Lipinski definition) is 5. The van der Waals surface area contributed by atoms with Gasteiger partial charge in [0.1, 0.15) is 6.20 Å². The van der Waals surface area contributed by atoms with Gasteiger partial charge in [0.2, 0.25) is 5.69 Å². The first-order valence-corrected chi connectivity index (χ1v) is 9.63. The maximum absolute atomic E-state index is 12.3. The Morgan fingerprint density at radius 1 is 1.28 bits per heavy atom. The Balaban J connectivity index is 1.76. The summed E-state index contributed by atoms with van der Waals surface area (Å²) in [5.74, 6) is -0.812. The summed E-state index contributed by atoms with van der Waals surface area (Å²) >= 11 is 15.2. The van der Waals surface area contributed by atoms with Crippen LogP contribution in [0.3, 0.4) is 0 Å². The second-order valence-electron chi connectivity index (χ2n) is 5.81. The SMILES string of the molecule is O=C(N/N=C\c1ccc(Cl)cc1Cl)c1nn(Cc2ccc(Br)cc2)cc1[N+](=O)[O-]. The second kappa shape index (κ2) is 9.17. The summed E-state index contributed by atoms with van der Waals surface area (Å²) in [7, 11) is 0. The highest BCUT2D eigenvalue weighted by Crippen LogP contribution is 2.20. The van der Waals surface area contributed by atoms with E-state index in [0.29, 0.717) is 15.6 Å². The molecule has 29 heavy (non-hydrogen) atoms. The van der Waals surface area contributed by atoms with E-state index in [2.05, 4.69) is 31.6 Å². The standard InChI is InChI=1S/C18H12BrCl2N5O3/c19-13-4-1-11(2-5-13)9-25-10-16(26(28)29)17(24-25)18(27)23-22-8-12-3-6-14(20)7-15(12)21/h1-8,10H,9H2,(H,23,27)/b22-8-. The molecule has 1 amide bonds. The predicted octanol–water partition coefficient (Wildman–Crippen LogP) is 4.67. The summed E-state index contributed by atoms with van der Waals surface area (Å²) in [6, 6.07) is 12.1. The van der Waals surface area contributed by atoms with E-state index in [9.17, 15) is 14.9 Å². The Morgan fingerprint density at radius 2 is 2.00 bits per heavy atom. The van der Waals surface area contributed by atoms with Crippen LogP contribution in [0.2, 0.25) is 10.0 Å². The van der Waals surface area contributed by atoms with E-state index in [4.69, 9.17) is 23.2 Å². The van der Waals surface area contributed by atoms with Gasteiger partial charge in [-0.2, -0.15) is 10.2 Å². The van der Waals surface area contributed by atoms with Gasteiger partial charge < -0.3 is 0 Å². The Morgan fingerprint density at radius 3 is 2.66 bits per heavy atom. The minimum Gasteiger partial charge on any atom is -0.265 e. The number of benzene rings is 2. The van der Waals surface area contributed by atoms with Gasteiger partial charge in [-0.05, 0) is 29.8 Å². The molecular formula is C18H12BrCl2N5O3. The van der Waals surface area contributed by atoms with Crippen molar-refractivity contribution in [1.29, 1.82) is 0 Å². The lowest BCUT2D eigenvalue weighted by Gasteiger charge is -2.01. The average Bonchev–Trinajstić information content (AvgIpc) is 3.09. The van der Waals surface area contributed by atoms with Crippen molar-refractivity contribution in [3.05, 3.63) is 90.1 Å². The summed E-state index contributed by atoms with van der Waals surface area (Å²) in [5, 5.41) is 19.9. The van der Waals surface area contributed by atoms with Crippen LogP contribution in [0.5, 0.6) is 0 Å². The molecule has 0 bridgehead atoms. The summed E-state index contributed by atoms with van der Waals surface area (Å²) in [4.78, 5) is 23.0. The molecule has 0 saturated carbocycles. The molecule has 1 N–H and O–H groups in total. The van der Waals surface area contributed by atoms with E-state index < -0.39 is 16.5 Å². The van der Waals surface area contributed by atoms with Crippen LogP contribution in [0.15, 0.2) is 58.2 Å². The predicted molar refractivity (Wildman–Crippen MR) is 114 cm³/mol. The second-order valence-corrected chi connectivity index (χ2v) is 7.57. The van der Waals surface area contributed by atoms with Crippen LogP contribution in [0, 0.1) is 10.1 Å². The first-order valence-electron chi connectivity index (χ1n) is 8.08. The zero-order valence-electron chi connectivity index (χ0n) is 14.6. The Labute approximate surface area is 183 Å². The zero-order chi connectivity index (χ0) is 21.0. The van der Waals surface area contributed by atoms with Gasteiger partial charge >= 0.3 is 5.69 Å². The van der Waals surface area contributed by atoms with E-state index in [-0.39, 0.29) is 12.2 Å². The lowest BCUT2D eigenvalue weighted by molar-refractivity contribution is -0.385. The number of hydrogen-bond donors (Lipinski definition) is 1. The average molecular weight is 497 g/mol. The summed E-state index contributed by atoms with van der Waals surface area (Å²) in [6.45, 7) is 0.269. The topological polar surface area (TPSA) is 102 Å². The van der Waals surface area contributed by atoms with Gasteiger partial charge in [0, 0.05) is 15.1 Å². The van der Waals surface area contributed by atoms with Crippen LogP contribution < -0.4 is 5.43 Å². The van der Waals surface area contributed by atoms with Crippen molar-refractivity contribution < 1.29 is 9.72 Å². The number of carbonyl (C=O) groups is 1. The lowest BCUT2D eigenvalue weighted by Crippen LogP contribution is -2.19. The van der Waals surface area contributed by atoms with Gasteiger partial charge in [-0.25, -0.2) is 5.43 Å². The minimum absolute atomic E-state index is 0.269. The first kappa shape index (κ1) is 21.0. The Kier molecular flexibility index (Phi) is 6.63. The molecule has 0 atom stereocenters. The summed E-state index contributed by atoms with van der Waals surface area (Å²) < 4.78 is 2.24. The number of nitrogens with zero attached hydrogens (tertiary/aromatic N) is 4. The van der Waals surface area contributed by atoms with Crippen LogP contribution in [-0.4, -0.2) is 26.8 Å². The molecule has 8 nitrogen and oxygen atoms in total. The molecule has 3 rings (SSSR count). The van der Waals surface area contributed by atoms with E-state index in [1.54, 1.807) is 12.1 Å². The van der Waals surface area contributed by atoms with Gasteiger partial charge in [0.05, 0.1) is 22.7 Å². The number of rotatable bonds is 6. The van der Waals surface area contributed by atoms with E-state index >= 15 is 0 Å². The number of nitrogens with one attached hydrogen (secondary N) is 1. The molecule has 0 aliphatic heterocycles. The number of halogens is 3. The van der Waals surface area contributed by atoms with Gasteiger partial charge in [-0.1, -0.05) is 57.3 Å². The number of aromatic nitrogens is 2. The molecule has 3 aromatic rings. The fourth-order valence-electron chi connectivity index (χ4n) is 2.38. The quantitative estimate of drug-likeness (QED) is 0.304. The summed E-state index contributed by atoms with van der Waals surface area (Å²) in [5.41, 5.74) is 2.85. The molecule has 11 heteroatoms. The highest BCUT2D eigenvalue weighted by Gasteiger charge is 2.25. The van der Waals surface area contributed by atoms with Crippen LogP contribution >= 0.6 is 39.1 Å². The van der Waals surface area contributed by atoms with Crippen LogP contribution in [0.1, 0.15) is 21.6 Å². The highest BCUT2D eigenvalue weighted by atomic mass is 79.9. The third kappa shape index (κ3) is 5.41. The third-order valence-corrected chi connectivity index (χ3v) is 4.84. The molecule has 0 unspecified atom stereocenters. The fraction of sp³-hybridized carbons (Fsp3) is 0.0556. The molecule has 1 aromatic heterocycles. The van der Waals surface area contributed by atoms with Crippen molar-refractivity contribution in [2.45, 2.75) is 6.54 Å². The van der Waals surface area contributed by atoms with Crippen LogP contribution in [-0.2, 0) is 6.54 Å². The number of hydrazone groups is 1. The summed E-state index contributed by atoms with van der Waals surface area (Å²) in [6.07, 6.45) is 2.51. The van der Waals surface area contributed by atoms with Gasteiger partial charge in [0.25, 0.3) is 5.91 Å². The van der Waals surface area contributed by atoms with Crippen molar-refractivity contribution in [3.8, 4) is 0 Å². The maximum Gasteiger partial charge on any atom is 0.320 e. The van der Waals surface area contributed by atoms with Crippen molar-refractivity contribution in [1.82, 2.24) is 15.2 Å². The van der Waals surface area contributed by atoms with Crippen molar-refractivity contribution in [2.24, 2.45) is 5.10 Å². The van der Waals surface area contributed by atoms with Crippen molar-refractivity contribution >= 4 is 56.9 Å². The fourth-order valence-corrected chi connectivity index (χ4v) is 3.11. The molecule has 0 fully saturated rings. The zero-order valence-corrected chi connectivity index (χ0v) is 17.6. The number of nitro groups is 1. The maximum atomic E-state index is 12.3. The molecule has 0 aliphatic carbocycles. The Bertz CT molecular complexity index is 1100. The normalized spacial score (nSPS) is 11.0. The number of amides is 1. The molecule has 148 valence electrons. The molecule has 1 heterocycles. The van der Waals surface area contributed by atoms with Crippen LogP contribution in [0.4, 0.5) is 5.69 Å².